The van der Waals surface area contributed by atoms with Gasteiger partial charge in [-0.2, -0.15) is 15.2 Å². The van der Waals surface area contributed by atoms with Gasteiger partial charge in [-0.25, -0.2) is 4.39 Å². The van der Waals surface area contributed by atoms with Gasteiger partial charge in [0.25, 0.3) is 0 Å². The molecule has 0 radical (unpaired) electrons. The maximum Gasteiger partial charge on any atom is 0.319 e. The predicted molar refractivity (Wildman–Crippen MR) is 173 cm³/mol. The van der Waals surface area contributed by atoms with Crippen LogP contribution in [0.3, 0.4) is 0 Å². The molecule has 4 aromatic rings. The van der Waals surface area contributed by atoms with Gasteiger partial charge in [0.1, 0.15) is 23.6 Å². The summed E-state index contributed by atoms with van der Waals surface area (Å²) in [6, 6.07) is 12.9. The van der Waals surface area contributed by atoms with Crippen LogP contribution in [0.4, 0.5) is 10.2 Å². The van der Waals surface area contributed by atoms with E-state index in [9.17, 15) is 10.1 Å². The summed E-state index contributed by atoms with van der Waals surface area (Å²) in [5, 5.41) is 12.0. The number of aromatic nitrogens is 3. The summed E-state index contributed by atoms with van der Waals surface area (Å²) in [6.07, 6.45) is 3.96. The largest absolute Gasteiger partial charge is 0.461 e. The van der Waals surface area contributed by atoms with Gasteiger partial charge >= 0.3 is 6.01 Å². The molecule has 2 aromatic carbocycles. The number of anilines is 1. The summed E-state index contributed by atoms with van der Waals surface area (Å²) in [6.45, 7) is 7.09. The number of benzene rings is 2. The van der Waals surface area contributed by atoms with E-state index in [4.69, 9.17) is 26.1 Å². The zero-order valence-electron chi connectivity index (χ0n) is 25.5. The van der Waals surface area contributed by atoms with Crippen molar-refractivity contribution in [2.45, 2.75) is 24.4 Å². The molecule has 0 bridgehead atoms. The van der Waals surface area contributed by atoms with Gasteiger partial charge in [-0.3, -0.25) is 14.7 Å². The zero-order valence-corrected chi connectivity index (χ0v) is 26.2. The lowest BCUT2D eigenvalue weighted by Crippen LogP contribution is -2.55. The van der Waals surface area contributed by atoms with Gasteiger partial charge in [0.15, 0.2) is 5.82 Å². The smallest absolute Gasteiger partial charge is 0.319 e. The molecule has 3 saturated heterocycles. The van der Waals surface area contributed by atoms with Crippen molar-refractivity contribution in [3.8, 4) is 23.3 Å². The lowest BCUT2D eigenvalue weighted by Gasteiger charge is -2.41. The van der Waals surface area contributed by atoms with E-state index in [1.165, 1.54) is 6.08 Å². The first-order valence-electron chi connectivity index (χ1n) is 15.3. The van der Waals surface area contributed by atoms with Crippen molar-refractivity contribution in [1.29, 1.82) is 5.26 Å². The first kappa shape index (κ1) is 30.3. The molecule has 2 aromatic heterocycles. The second kappa shape index (κ2) is 12.1. The number of likely N-dealkylation sites (tertiary alicyclic amines) is 1. The Hall–Kier alpha value is -4.37. The number of carbonyl (C=O) groups excluding carboxylic acids is 1. The SMILES string of the molecule is C=CC(=O)N1CCN(c2nc(OCC34COCC3CCN4C)nc3c(F)c(-c4cccc5cccc(Cl)c45)ncc23)C[C@@H]1CC#N. The molecule has 46 heavy (non-hydrogen) atoms. The summed E-state index contributed by atoms with van der Waals surface area (Å²) >= 11 is 6.60. The molecule has 5 heterocycles. The van der Waals surface area contributed by atoms with Crippen LogP contribution in [0.25, 0.3) is 32.9 Å². The Morgan fingerprint density at radius 2 is 2.09 bits per heavy atom. The fourth-order valence-electron chi connectivity index (χ4n) is 7.20. The Bertz CT molecular complexity index is 1900. The summed E-state index contributed by atoms with van der Waals surface area (Å²) in [7, 11) is 2.07. The molecule has 0 aliphatic carbocycles. The monoisotopic (exact) mass is 641 g/mol. The number of ether oxygens (including phenoxy) is 2. The van der Waals surface area contributed by atoms with Gasteiger partial charge < -0.3 is 19.3 Å². The summed E-state index contributed by atoms with van der Waals surface area (Å²) in [5.41, 5.74) is 0.415. The van der Waals surface area contributed by atoms with Gasteiger partial charge in [-0.15, -0.1) is 0 Å². The van der Waals surface area contributed by atoms with E-state index in [2.05, 4.69) is 34.6 Å². The van der Waals surface area contributed by atoms with E-state index in [0.29, 0.717) is 65.9 Å². The molecule has 2 unspecified atom stereocenters. The molecule has 0 saturated carbocycles. The second-order valence-corrected chi connectivity index (χ2v) is 12.6. The highest BCUT2D eigenvalue weighted by Gasteiger charge is 2.52. The van der Waals surface area contributed by atoms with Crippen LogP contribution in [0.15, 0.2) is 55.3 Å². The lowest BCUT2D eigenvalue weighted by molar-refractivity contribution is -0.128. The second-order valence-electron chi connectivity index (χ2n) is 12.2. The summed E-state index contributed by atoms with van der Waals surface area (Å²) < 4.78 is 29.0. The highest BCUT2D eigenvalue weighted by Crippen LogP contribution is 2.41. The normalized spacial score (nSPS) is 23.1. The van der Waals surface area contributed by atoms with Crippen molar-refractivity contribution in [3.05, 3.63) is 66.1 Å². The van der Waals surface area contributed by atoms with Crippen LogP contribution in [-0.2, 0) is 9.53 Å². The maximum absolute atomic E-state index is 16.8. The Morgan fingerprint density at radius 1 is 1.26 bits per heavy atom. The molecule has 7 rings (SSSR count). The summed E-state index contributed by atoms with van der Waals surface area (Å²) in [4.78, 5) is 32.5. The number of hydrogen-bond donors (Lipinski definition) is 0. The average molecular weight is 642 g/mol. The van der Waals surface area contributed by atoms with E-state index in [-0.39, 0.29) is 41.7 Å². The lowest BCUT2D eigenvalue weighted by atomic mass is 9.89. The Kier molecular flexibility index (Phi) is 7.97. The van der Waals surface area contributed by atoms with Crippen LogP contribution < -0.4 is 9.64 Å². The van der Waals surface area contributed by atoms with E-state index in [1.807, 2.05) is 29.2 Å². The van der Waals surface area contributed by atoms with Crippen LogP contribution in [0, 0.1) is 23.1 Å². The van der Waals surface area contributed by atoms with Gasteiger partial charge in [-0.05, 0) is 37.5 Å². The molecule has 3 aliphatic heterocycles. The Morgan fingerprint density at radius 3 is 2.89 bits per heavy atom. The number of nitriles is 1. The molecule has 3 aliphatic rings. The molecule has 236 valence electrons. The number of halogens is 2. The third-order valence-corrected chi connectivity index (χ3v) is 10.1. The third-order valence-electron chi connectivity index (χ3n) is 9.77. The highest BCUT2D eigenvalue weighted by atomic mass is 35.5. The van der Waals surface area contributed by atoms with Crippen molar-refractivity contribution in [1.82, 2.24) is 24.8 Å². The standard InChI is InChI=1S/C34H33ClFN7O3/c1-3-27(44)43-15-14-42(17-23(43)10-12-37)32-25-16-38-30(24-8-4-6-21-7-5-9-26(35)28(21)24)29(36)31(25)39-33(40-32)46-20-34-19-45-18-22(34)11-13-41(34)2/h3-9,16,22-23H,1,10-11,13-15,17-20H2,2H3/t22?,23-,34?/m0/s1. The molecule has 3 fully saturated rings. The maximum atomic E-state index is 16.8. The number of rotatable bonds is 7. The van der Waals surface area contributed by atoms with Gasteiger partial charge in [0.2, 0.25) is 5.91 Å². The molecule has 0 spiro atoms. The van der Waals surface area contributed by atoms with E-state index < -0.39 is 11.9 Å². The molecule has 3 atom stereocenters. The van der Waals surface area contributed by atoms with Crippen molar-refractivity contribution < 1.29 is 18.7 Å². The molecule has 12 heteroatoms. The molecule has 0 N–H and O–H groups in total. The van der Waals surface area contributed by atoms with Crippen LogP contribution in [-0.4, -0.2) is 95.3 Å². The van der Waals surface area contributed by atoms with Crippen molar-refractivity contribution in [3.63, 3.8) is 0 Å². The van der Waals surface area contributed by atoms with Crippen molar-refractivity contribution >= 4 is 45.0 Å². The topological polar surface area (TPSA) is 108 Å². The van der Waals surface area contributed by atoms with Crippen LogP contribution in [0.2, 0.25) is 5.02 Å². The van der Waals surface area contributed by atoms with Crippen LogP contribution in [0.5, 0.6) is 6.01 Å². The molecular weight excluding hydrogens is 609 g/mol. The van der Waals surface area contributed by atoms with E-state index in [0.717, 1.165) is 18.4 Å². The average Bonchev–Trinajstić information content (AvgIpc) is 3.63. The molecular formula is C34H33ClFN7O3. The molecule has 1 amide bonds. The van der Waals surface area contributed by atoms with E-state index >= 15 is 4.39 Å². The number of hydrogen-bond acceptors (Lipinski definition) is 9. The molecule has 10 nitrogen and oxygen atoms in total. The minimum atomic E-state index is -0.620. The van der Waals surface area contributed by atoms with Gasteiger partial charge in [0, 0.05) is 47.7 Å². The quantitative estimate of drug-likeness (QED) is 0.262. The fraction of sp³-hybridized carbons (Fsp3) is 0.382. The van der Waals surface area contributed by atoms with Gasteiger partial charge in [-0.1, -0.05) is 48.5 Å². The number of likely N-dealkylation sites (N-methyl/N-ethyl adjacent to an activating group) is 1. The number of fused-ring (bicyclic) bond motifs is 3. The number of nitrogens with zero attached hydrogens (tertiary/aromatic N) is 7. The van der Waals surface area contributed by atoms with Crippen molar-refractivity contribution in [2.24, 2.45) is 5.92 Å². The fourth-order valence-corrected chi connectivity index (χ4v) is 7.48. The highest BCUT2D eigenvalue weighted by molar-refractivity contribution is 6.36. The van der Waals surface area contributed by atoms with Gasteiger partial charge in [0.05, 0.1) is 42.7 Å². The number of piperazine rings is 1. The minimum absolute atomic E-state index is 0.0382. The zero-order chi connectivity index (χ0) is 32.0. The first-order chi connectivity index (χ1) is 22.3. The Balaban J connectivity index is 1.34. The first-order valence-corrected chi connectivity index (χ1v) is 15.7. The Labute approximate surface area is 271 Å². The van der Waals surface area contributed by atoms with Crippen LogP contribution in [0.1, 0.15) is 12.8 Å². The number of carbonyl (C=O) groups is 1. The summed E-state index contributed by atoms with van der Waals surface area (Å²) in [5.74, 6) is -0.108. The van der Waals surface area contributed by atoms with E-state index in [1.54, 1.807) is 23.2 Å². The number of amides is 1. The minimum Gasteiger partial charge on any atom is -0.461 e. The number of pyridine rings is 1. The predicted octanol–water partition coefficient (Wildman–Crippen LogP) is 4.85. The van der Waals surface area contributed by atoms with Crippen LogP contribution >= 0.6 is 11.6 Å². The van der Waals surface area contributed by atoms with Crippen molar-refractivity contribution in [2.75, 3.05) is 57.9 Å². The third kappa shape index (κ3) is 5.01.